The number of carbonyl (C=O) groups excluding carboxylic acids is 1. The van der Waals surface area contributed by atoms with Gasteiger partial charge < -0.3 is 15.0 Å². The number of Topliss-reactive ketones (excluding diaryl/α,β-unsaturated/α-hetero) is 1. The highest BCUT2D eigenvalue weighted by atomic mass is 16.7. The number of rotatable bonds is 3. The maximum atomic E-state index is 12.1. The van der Waals surface area contributed by atoms with Gasteiger partial charge >= 0.3 is 7.12 Å². The van der Waals surface area contributed by atoms with Crippen molar-refractivity contribution in [1.29, 1.82) is 0 Å². The van der Waals surface area contributed by atoms with Crippen molar-refractivity contribution < 1.29 is 14.1 Å². The van der Waals surface area contributed by atoms with Crippen LogP contribution in [0.1, 0.15) is 62.0 Å². The zero-order chi connectivity index (χ0) is 17.5. The third-order valence-electron chi connectivity index (χ3n) is 5.43. The molecule has 0 unspecified atom stereocenters. The molecule has 5 heteroatoms. The van der Waals surface area contributed by atoms with Crippen molar-refractivity contribution in [3.8, 4) is 0 Å². The van der Waals surface area contributed by atoms with Crippen LogP contribution in [-0.4, -0.2) is 30.6 Å². The highest BCUT2D eigenvalue weighted by Crippen LogP contribution is 2.38. The van der Waals surface area contributed by atoms with Crippen LogP contribution in [0.15, 0.2) is 23.7 Å². The fourth-order valence-corrected chi connectivity index (χ4v) is 3.17. The molecule has 4 nitrogen and oxygen atoms in total. The lowest BCUT2D eigenvalue weighted by atomic mass is 9.77. The van der Waals surface area contributed by atoms with E-state index >= 15 is 0 Å². The molecule has 0 bridgehead atoms. The van der Waals surface area contributed by atoms with Gasteiger partial charge in [-0.05, 0) is 63.2 Å². The average Bonchev–Trinajstić information content (AvgIpc) is 2.73. The SMILES string of the molecule is CC1(C)OB(C(=Cc2ccc3c(c2)C(=O)CCC3)CN)OC1(C)C. The van der Waals surface area contributed by atoms with Crippen molar-refractivity contribution in [2.45, 2.75) is 58.2 Å². The Labute approximate surface area is 144 Å². The molecule has 0 spiro atoms. The number of hydrogen-bond acceptors (Lipinski definition) is 4. The van der Waals surface area contributed by atoms with Crippen molar-refractivity contribution in [2.75, 3.05) is 6.54 Å². The summed E-state index contributed by atoms with van der Waals surface area (Å²) in [6.45, 7) is 8.46. The van der Waals surface area contributed by atoms with E-state index in [0.717, 1.165) is 35.0 Å². The summed E-state index contributed by atoms with van der Waals surface area (Å²) < 4.78 is 12.2. The van der Waals surface area contributed by atoms with Gasteiger partial charge in [0, 0.05) is 18.5 Å². The zero-order valence-corrected chi connectivity index (χ0v) is 15.0. The lowest BCUT2D eigenvalue weighted by Gasteiger charge is -2.32. The van der Waals surface area contributed by atoms with Gasteiger partial charge in [0.2, 0.25) is 0 Å². The summed E-state index contributed by atoms with van der Waals surface area (Å²) >= 11 is 0. The van der Waals surface area contributed by atoms with E-state index in [1.807, 2.05) is 45.9 Å². The van der Waals surface area contributed by atoms with Gasteiger partial charge in [0.1, 0.15) is 0 Å². The molecule has 1 saturated heterocycles. The summed E-state index contributed by atoms with van der Waals surface area (Å²) in [5.74, 6) is 0.233. The standard InChI is InChI=1S/C19H26BNO3/c1-18(2)19(3,4)24-20(23-18)15(12-21)10-13-8-9-14-6-5-7-17(22)16(14)11-13/h8-11H,5-7,12,21H2,1-4H3. The molecule has 3 rings (SSSR count). The van der Waals surface area contributed by atoms with Gasteiger partial charge in [-0.25, -0.2) is 0 Å². The molecule has 1 aliphatic carbocycles. The van der Waals surface area contributed by atoms with Crippen molar-refractivity contribution in [3.63, 3.8) is 0 Å². The number of benzene rings is 1. The van der Waals surface area contributed by atoms with Crippen molar-refractivity contribution in [3.05, 3.63) is 40.4 Å². The summed E-state index contributed by atoms with van der Waals surface area (Å²) in [6.07, 6.45) is 4.56. The van der Waals surface area contributed by atoms with Gasteiger partial charge in [-0.3, -0.25) is 4.79 Å². The number of carbonyl (C=O) groups is 1. The molecule has 1 aromatic rings. The maximum absolute atomic E-state index is 12.1. The summed E-state index contributed by atoms with van der Waals surface area (Å²) in [4.78, 5) is 12.1. The predicted molar refractivity (Wildman–Crippen MR) is 96.8 cm³/mol. The first-order valence-corrected chi connectivity index (χ1v) is 8.66. The van der Waals surface area contributed by atoms with Gasteiger partial charge in [0.05, 0.1) is 11.2 Å². The minimum absolute atomic E-state index is 0.233. The van der Waals surface area contributed by atoms with Gasteiger partial charge in [-0.1, -0.05) is 18.2 Å². The Morgan fingerprint density at radius 2 is 1.88 bits per heavy atom. The second kappa shape index (κ2) is 6.14. The first-order chi connectivity index (χ1) is 11.2. The zero-order valence-electron chi connectivity index (χ0n) is 15.0. The normalized spacial score (nSPS) is 22.6. The molecular formula is C19H26BNO3. The molecule has 1 aromatic carbocycles. The van der Waals surface area contributed by atoms with Crippen LogP contribution in [0.5, 0.6) is 0 Å². The summed E-state index contributed by atoms with van der Waals surface area (Å²) in [5, 5.41) is 0. The number of ketones is 1. The first kappa shape index (κ1) is 17.4. The maximum Gasteiger partial charge on any atom is 0.491 e. The van der Waals surface area contributed by atoms with E-state index in [4.69, 9.17) is 15.0 Å². The Bertz CT molecular complexity index is 678. The third kappa shape index (κ3) is 3.08. The molecule has 24 heavy (non-hydrogen) atoms. The molecule has 2 N–H and O–H groups in total. The molecule has 1 heterocycles. The Hall–Kier alpha value is -1.43. The summed E-state index contributed by atoms with van der Waals surface area (Å²) in [7, 11) is -0.452. The fraction of sp³-hybridized carbons (Fsp3) is 0.526. The second-order valence-electron chi connectivity index (χ2n) is 7.70. The minimum Gasteiger partial charge on any atom is -0.400 e. The van der Waals surface area contributed by atoms with E-state index in [1.54, 1.807) is 0 Å². The smallest absolute Gasteiger partial charge is 0.400 e. The molecule has 128 valence electrons. The minimum atomic E-state index is -0.452. The van der Waals surface area contributed by atoms with Crippen LogP contribution in [0, 0.1) is 0 Å². The fourth-order valence-electron chi connectivity index (χ4n) is 3.17. The van der Waals surface area contributed by atoms with Crippen LogP contribution in [0.2, 0.25) is 0 Å². The van der Waals surface area contributed by atoms with Crippen molar-refractivity contribution >= 4 is 19.0 Å². The lowest BCUT2D eigenvalue weighted by molar-refractivity contribution is 0.00578. The van der Waals surface area contributed by atoms with Crippen LogP contribution in [0.25, 0.3) is 6.08 Å². The molecule has 1 aliphatic heterocycles. The molecule has 0 amide bonds. The van der Waals surface area contributed by atoms with E-state index in [0.29, 0.717) is 13.0 Å². The van der Waals surface area contributed by atoms with E-state index < -0.39 is 18.3 Å². The molecule has 1 fully saturated rings. The van der Waals surface area contributed by atoms with Crippen LogP contribution in [-0.2, 0) is 15.7 Å². The Balaban J connectivity index is 1.89. The predicted octanol–water partition coefficient (Wildman–Crippen LogP) is 3.18. The topological polar surface area (TPSA) is 61.5 Å². The van der Waals surface area contributed by atoms with Crippen LogP contribution < -0.4 is 5.73 Å². The number of nitrogens with two attached hydrogens (primary N) is 1. The second-order valence-corrected chi connectivity index (χ2v) is 7.70. The van der Waals surface area contributed by atoms with Gasteiger partial charge in [-0.15, -0.1) is 0 Å². The highest BCUT2D eigenvalue weighted by Gasteiger charge is 2.52. The van der Waals surface area contributed by atoms with Gasteiger partial charge in [0.25, 0.3) is 0 Å². The Morgan fingerprint density at radius 3 is 2.50 bits per heavy atom. The number of fused-ring (bicyclic) bond motifs is 1. The average molecular weight is 327 g/mol. The monoisotopic (exact) mass is 327 g/mol. The largest absolute Gasteiger partial charge is 0.491 e. The van der Waals surface area contributed by atoms with E-state index in [2.05, 4.69) is 6.07 Å². The summed E-state index contributed by atoms with van der Waals surface area (Å²) in [6, 6.07) is 6.06. The molecule has 0 saturated carbocycles. The lowest BCUT2D eigenvalue weighted by Crippen LogP contribution is -2.41. The van der Waals surface area contributed by atoms with Gasteiger partial charge in [0.15, 0.2) is 5.78 Å². The van der Waals surface area contributed by atoms with E-state index in [1.165, 1.54) is 0 Å². The summed E-state index contributed by atoms with van der Waals surface area (Å²) in [5.41, 5.74) is 9.02. The molecular weight excluding hydrogens is 301 g/mol. The third-order valence-corrected chi connectivity index (χ3v) is 5.43. The highest BCUT2D eigenvalue weighted by molar-refractivity contribution is 6.55. The molecule has 0 atom stereocenters. The molecule has 2 aliphatic rings. The first-order valence-electron chi connectivity index (χ1n) is 8.66. The van der Waals surface area contributed by atoms with E-state index in [9.17, 15) is 4.79 Å². The quantitative estimate of drug-likeness (QED) is 0.866. The van der Waals surface area contributed by atoms with Gasteiger partial charge in [-0.2, -0.15) is 0 Å². The Morgan fingerprint density at radius 1 is 1.21 bits per heavy atom. The van der Waals surface area contributed by atoms with E-state index in [-0.39, 0.29) is 5.78 Å². The van der Waals surface area contributed by atoms with Crippen LogP contribution in [0.4, 0.5) is 0 Å². The molecule has 0 aromatic heterocycles. The number of hydrogen-bond donors (Lipinski definition) is 1. The number of aryl methyl sites for hydroxylation is 1. The Kier molecular flexibility index (Phi) is 4.45. The van der Waals surface area contributed by atoms with Crippen molar-refractivity contribution in [2.24, 2.45) is 5.73 Å². The van der Waals surface area contributed by atoms with Crippen molar-refractivity contribution in [1.82, 2.24) is 0 Å². The molecule has 0 radical (unpaired) electrons. The van der Waals surface area contributed by atoms with Crippen LogP contribution in [0.3, 0.4) is 0 Å². The van der Waals surface area contributed by atoms with Crippen LogP contribution >= 0.6 is 0 Å².